The minimum Gasteiger partial charge on any atom is -0.379 e. The first-order valence-electron chi connectivity index (χ1n) is 4.38. The Labute approximate surface area is 79.5 Å². The van der Waals surface area contributed by atoms with Crippen LogP contribution in [-0.4, -0.2) is 56.9 Å². The van der Waals surface area contributed by atoms with Crippen LogP contribution in [0.5, 0.6) is 0 Å². The van der Waals surface area contributed by atoms with Gasteiger partial charge in [-0.15, -0.1) is 0 Å². The van der Waals surface area contributed by atoms with Gasteiger partial charge in [0.1, 0.15) is 0 Å². The second-order valence-corrected chi connectivity index (χ2v) is 4.97. The Morgan fingerprint density at radius 2 is 1.92 bits per heavy atom. The molecule has 0 aromatic rings. The van der Waals surface area contributed by atoms with Crippen molar-refractivity contribution in [2.75, 3.05) is 39.9 Å². The van der Waals surface area contributed by atoms with Crippen LogP contribution in [0.2, 0.25) is 0 Å². The molecule has 1 aliphatic heterocycles. The number of morpholine rings is 1. The summed E-state index contributed by atoms with van der Waals surface area (Å²) in [7, 11) is -1.64. The number of hydrogen-bond acceptors (Lipinski definition) is 3. The zero-order valence-electron chi connectivity index (χ0n) is 8.06. The van der Waals surface area contributed by atoms with Crippen molar-refractivity contribution in [1.82, 2.24) is 8.61 Å². The SMILES string of the molecule is CCN(C)S(=O)(=O)N1CCOCC1. The van der Waals surface area contributed by atoms with Crippen LogP contribution >= 0.6 is 0 Å². The molecule has 0 unspecified atom stereocenters. The van der Waals surface area contributed by atoms with Gasteiger partial charge in [-0.25, -0.2) is 0 Å². The van der Waals surface area contributed by atoms with Crippen molar-refractivity contribution in [2.24, 2.45) is 0 Å². The molecular formula is C7H16N2O3S. The summed E-state index contributed by atoms with van der Waals surface area (Å²) in [6.07, 6.45) is 0. The van der Waals surface area contributed by atoms with Crippen molar-refractivity contribution >= 4 is 10.2 Å². The maximum atomic E-state index is 11.7. The molecule has 0 N–H and O–H groups in total. The van der Waals surface area contributed by atoms with Crippen molar-refractivity contribution in [3.8, 4) is 0 Å². The first-order chi connectivity index (χ1) is 6.09. The molecule has 5 nitrogen and oxygen atoms in total. The van der Waals surface area contributed by atoms with E-state index < -0.39 is 10.2 Å². The highest BCUT2D eigenvalue weighted by atomic mass is 32.2. The van der Waals surface area contributed by atoms with Crippen LogP contribution in [0, 0.1) is 0 Å². The summed E-state index contributed by atoms with van der Waals surface area (Å²) in [5.41, 5.74) is 0. The summed E-state index contributed by atoms with van der Waals surface area (Å²) >= 11 is 0. The van der Waals surface area contributed by atoms with Crippen molar-refractivity contribution in [2.45, 2.75) is 6.92 Å². The highest BCUT2D eigenvalue weighted by Crippen LogP contribution is 2.08. The minimum absolute atomic E-state index is 0.465. The molecular weight excluding hydrogens is 192 g/mol. The second-order valence-electron chi connectivity index (χ2n) is 2.93. The predicted octanol–water partition coefficient (Wildman–Crippen LogP) is -0.485. The van der Waals surface area contributed by atoms with E-state index in [0.717, 1.165) is 0 Å². The maximum Gasteiger partial charge on any atom is 0.281 e. The van der Waals surface area contributed by atoms with Gasteiger partial charge in [0.25, 0.3) is 10.2 Å². The van der Waals surface area contributed by atoms with Crippen molar-refractivity contribution < 1.29 is 13.2 Å². The highest BCUT2D eigenvalue weighted by Gasteiger charge is 2.27. The smallest absolute Gasteiger partial charge is 0.281 e. The van der Waals surface area contributed by atoms with Crippen molar-refractivity contribution in [3.63, 3.8) is 0 Å². The van der Waals surface area contributed by atoms with Gasteiger partial charge in [0, 0.05) is 26.7 Å². The number of nitrogens with zero attached hydrogens (tertiary/aromatic N) is 2. The first kappa shape index (κ1) is 10.9. The zero-order valence-corrected chi connectivity index (χ0v) is 8.88. The van der Waals surface area contributed by atoms with Crippen LogP contribution in [0.4, 0.5) is 0 Å². The second kappa shape index (κ2) is 4.36. The molecule has 0 bridgehead atoms. The van der Waals surface area contributed by atoms with Gasteiger partial charge in [-0.1, -0.05) is 6.92 Å². The van der Waals surface area contributed by atoms with E-state index in [1.165, 1.54) is 8.61 Å². The van der Waals surface area contributed by atoms with E-state index in [-0.39, 0.29) is 0 Å². The largest absolute Gasteiger partial charge is 0.379 e. The molecule has 1 heterocycles. The lowest BCUT2D eigenvalue weighted by atomic mass is 10.5. The van der Waals surface area contributed by atoms with Gasteiger partial charge in [-0.3, -0.25) is 0 Å². The monoisotopic (exact) mass is 208 g/mol. The average molecular weight is 208 g/mol. The van der Waals surface area contributed by atoms with Crippen LogP contribution in [0.3, 0.4) is 0 Å². The molecule has 0 amide bonds. The van der Waals surface area contributed by atoms with Crippen LogP contribution in [0.1, 0.15) is 6.92 Å². The predicted molar refractivity (Wildman–Crippen MR) is 49.6 cm³/mol. The third-order valence-corrected chi connectivity index (χ3v) is 4.20. The standard InChI is InChI=1S/C7H16N2O3S/c1-3-8(2)13(10,11)9-4-6-12-7-5-9/h3-7H2,1-2H3. The Kier molecular flexibility index (Phi) is 3.66. The van der Waals surface area contributed by atoms with Crippen LogP contribution in [-0.2, 0) is 14.9 Å². The minimum atomic E-state index is -3.23. The Hall–Kier alpha value is -0.170. The third-order valence-electron chi connectivity index (χ3n) is 2.14. The molecule has 1 rings (SSSR count). The normalized spacial score (nSPS) is 20.8. The van der Waals surface area contributed by atoms with E-state index in [0.29, 0.717) is 32.8 Å². The van der Waals surface area contributed by atoms with E-state index in [2.05, 4.69) is 0 Å². The molecule has 1 saturated heterocycles. The highest BCUT2D eigenvalue weighted by molar-refractivity contribution is 7.86. The first-order valence-corrected chi connectivity index (χ1v) is 5.78. The van der Waals surface area contributed by atoms with E-state index in [1.807, 2.05) is 6.92 Å². The molecule has 0 atom stereocenters. The molecule has 0 aromatic carbocycles. The number of hydrogen-bond donors (Lipinski definition) is 0. The molecule has 0 spiro atoms. The van der Waals surface area contributed by atoms with Crippen LogP contribution in [0.15, 0.2) is 0 Å². The molecule has 0 aromatic heterocycles. The molecule has 1 aliphatic rings. The maximum absolute atomic E-state index is 11.7. The Morgan fingerprint density at radius 3 is 2.38 bits per heavy atom. The lowest BCUT2D eigenvalue weighted by Crippen LogP contribution is -2.47. The van der Waals surface area contributed by atoms with Crippen molar-refractivity contribution in [3.05, 3.63) is 0 Å². The molecule has 0 saturated carbocycles. The lowest BCUT2D eigenvalue weighted by molar-refractivity contribution is 0.0707. The summed E-state index contributed by atoms with van der Waals surface area (Å²) < 4.78 is 31.3. The topological polar surface area (TPSA) is 49.9 Å². The molecule has 13 heavy (non-hydrogen) atoms. The fourth-order valence-corrected chi connectivity index (χ4v) is 2.47. The Bertz CT molecular complexity index is 246. The van der Waals surface area contributed by atoms with Gasteiger partial charge in [-0.05, 0) is 0 Å². The van der Waals surface area contributed by atoms with Crippen LogP contribution < -0.4 is 0 Å². The Morgan fingerprint density at radius 1 is 1.38 bits per heavy atom. The average Bonchev–Trinajstić information content (AvgIpc) is 2.18. The molecule has 6 heteroatoms. The molecule has 0 radical (unpaired) electrons. The van der Waals surface area contributed by atoms with E-state index >= 15 is 0 Å². The Balaban J connectivity index is 2.67. The van der Waals surface area contributed by atoms with E-state index in [4.69, 9.17) is 4.74 Å². The molecule has 78 valence electrons. The third kappa shape index (κ3) is 2.40. The van der Waals surface area contributed by atoms with Gasteiger partial charge < -0.3 is 4.74 Å². The van der Waals surface area contributed by atoms with Gasteiger partial charge in [0.05, 0.1) is 13.2 Å². The summed E-state index contributed by atoms with van der Waals surface area (Å²) in [6, 6.07) is 0. The summed E-state index contributed by atoms with van der Waals surface area (Å²) in [5.74, 6) is 0. The van der Waals surface area contributed by atoms with E-state index in [1.54, 1.807) is 7.05 Å². The summed E-state index contributed by atoms with van der Waals surface area (Å²) in [5, 5.41) is 0. The van der Waals surface area contributed by atoms with Gasteiger partial charge in [0.2, 0.25) is 0 Å². The number of ether oxygens (including phenoxy) is 1. The van der Waals surface area contributed by atoms with Gasteiger partial charge in [-0.2, -0.15) is 17.0 Å². The van der Waals surface area contributed by atoms with Gasteiger partial charge in [0.15, 0.2) is 0 Å². The summed E-state index contributed by atoms with van der Waals surface area (Å²) in [4.78, 5) is 0. The number of rotatable bonds is 3. The van der Waals surface area contributed by atoms with E-state index in [9.17, 15) is 8.42 Å². The van der Waals surface area contributed by atoms with Gasteiger partial charge >= 0.3 is 0 Å². The summed E-state index contributed by atoms with van der Waals surface area (Å²) in [6.45, 7) is 4.24. The van der Waals surface area contributed by atoms with Crippen LogP contribution in [0.25, 0.3) is 0 Å². The fourth-order valence-electron chi connectivity index (χ4n) is 1.14. The quantitative estimate of drug-likeness (QED) is 0.629. The van der Waals surface area contributed by atoms with Crippen molar-refractivity contribution in [1.29, 1.82) is 0 Å². The molecule has 0 aliphatic carbocycles. The zero-order chi connectivity index (χ0) is 9.90. The fraction of sp³-hybridized carbons (Fsp3) is 1.00. The lowest BCUT2D eigenvalue weighted by Gasteiger charge is -2.29. The molecule has 1 fully saturated rings.